The van der Waals surface area contributed by atoms with Crippen LogP contribution < -0.4 is 0 Å². The second-order valence-corrected chi connectivity index (χ2v) is 3.83. The van der Waals surface area contributed by atoms with Gasteiger partial charge in [0.05, 0.1) is 13.2 Å². The van der Waals surface area contributed by atoms with Crippen LogP contribution in [0.25, 0.3) is 0 Å². The Bertz CT molecular complexity index is 183. The van der Waals surface area contributed by atoms with E-state index in [0.717, 1.165) is 38.9 Å². The van der Waals surface area contributed by atoms with Crippen LogP contribution in [0.3, 0.4) is 0 Å². The molecule has 68 valence electrons. The van der Waals surface area contributed by atoms with E-state index in [1.807, 2.05) is 4.99 Å². The summed E-state index contributed by atoms with van der Waals surface area (Å²) < 4.78 is 11.2. The van der Waals surface area contributed by atoms with Gasteiger partial charge < -0.3 is 9.47 Å². The molecule has 0 N–H and O–H groups in total. The SMILES string of the molecule is BrC=C1CCC2(CC1)OCCO2. The van der Waals surface area contributed by atoms with E-state index >= 15 is 0 Å². The molecule has 0 atom stereocenters. The van der Waals surface area contributed by atoms with Crippen LogP contribution in [0.4, 0.5) is 0 Å². The summed E-state index contributed by atoms with van der Waals surface area (Å²) in [6, 6.07) is 0. The second kappa shape index (κ2) is 3.48. The molecule has 2 nitrogen and oxygen atoms in total. The van der Waals surface area contributed by atoms with Crippen molar-refractivity contribution < 1.29 is 9.47 Å². The minimum atomic E-state index is -0.209. The first-order valence-corrected chi connectivity index (χ1v) is 5.32. The molecule has 1 saturated heterocycles. The Hall–Kier alpha value is 0.140. The molecule has 0 amide bonds. The lowest BCUT2D eigenvalue weighted by Gasteiger charge is -2.32. The van der Waals surface area contributed by atoms with Crippen molar-refractivity contribution in [3.63, 3.8) is 0 Å². The van der Waals surface area contributed by atoms with Crippen molar-refractivity contribution in [2.75, 3.05) is 13.2 Å². The third-order valence-corrected chi connectivity index (χ3v) is 3.27. The van der Waals surface area contributed by atoms with Crippen LogP contribution in [0, 0.1) is 0 Å². The van der Waals surface area contributed by atoms with E-state index in [2.05, 4.69) is 15.9 Å². The highest BCUT2D eigenvalue weighted by molar-refractivity contribution is 9.11. The van der Waals surface area contributed by atoms with Crippen LogP contribution in [0.5, 0.6) is 0 Å². The Morgan fingerprint density at radius 3 is 2.25 bits per heavy atom. The van der Waals surface area contributed by atoms with Gasteiger partial charge in [-0.3, -0.25) is 0 Å². The molecule has 0 aromatic rings. The predicted octanol–water partition coefficient (Wildman–Crippen LogP) is 2.58. The van der Waals surface area contributed by atoms with E-state index in [9.17, 15) is 0 Å². The smallest absolute Gasteiger partial charge is 0.169 e. The topological polar surface area (TPSA) is 18.5 Å². The normalized spacial score (nSPS) is 27.9. The maximum Gasteiger partial charge on any atom is 0.169 e. The van der Waals surface area contributed by atoms with Gasteiger partial charge in [0.1, 0.15) is 0 Å². The molecule has 2 rings (SSSR count). The van der Waals surface area contributed by atoms with Crippen molar-refractivity contribution >= 4 is 15.9 Å². The fraction of sp³-hybridized carbons (Fsp3) is 0.778. The van der Waals surface area contributed by atoms with Gasteiger partial charge in [0, 0.05) is 12.8 Å². The Balaban J connectivity index is 1.97. The summed E-state index contributed by atoms with van der Waals surface area (Å²) in [5.41, 5.74) is 1.47. The Morgan fingerprint density at radius 2 is 1.75 bits per heavy atom. The minimum absolute atomic E-state index is 0.209. The lowest BCUT2D eigenvalue weighted by molar-refractivity contribution is -0.171. The molecule has 1 saturated carbocycles. The zero-order valence-electron chi connectivity index (χ0n) is 7.01. The van der Waals surface area contributed by atoms with Crippen LogP contribution in [-0.4, -0.2) is 19.0 Å². The number of allylic oxidation sites excluding steroid dienone is 1. The molecule has 0 aromatic carbocycles. The monoisotopic (exact) mass is 232 g/mol. The summed E-state index contributed by atoms with van der Waals surface area (Å²) in [7, 11) is 0. The van der Waals surface area contributed by atoms with Crippen LogP contribution in [-0.2, 0) is 9.47 Å². The van der Waals surface area contributed by atoms with Gasteiger partial charge in [0.15, 0.2) is 5.79 Å². The van der Waals surface area contributed by atoms with Gasteiger partial charge in [-0.15, -0.1) is 0 Å². The molecule has 12 heavy (non-hydrogen) atoms. The van der Waals surface area contributed by atoms with E-state index < -0.39 is 0 Å². The first-order valence-electron chi connectivity index (χ1n) is 4.41. The molecule has 1 aliphatic heterocycles. The van der Waals surface area contributed by atoms with Crippen LogP contribution in [0.1, 0.15) is 25.7 Å². The van der Waals surface area contributed by atoms with Crippen LogP contribution in [0.15, 0.2) is 10.6 Å². The summed E-state index contributed by atoms with van der Waals surface area (Å²) in [5, 5.41) is 0. The second-order valence-electron chi connectivity index (χ2n) is 3.37. The van der Waals surface area contributed by atoms with E-state index in [0.29, 0.717) is 0 Å². The average molecular weight is 233 g/mol. The zero-order valence-corrected chi connectivity index (χ0v) is 8.60. The van der Waals surface area contributed by atoms with Crippen molar-refractivity contribution in [2.45, 2.75) is 31.5 Å². The standard InChI is InChI=1S/C9H13BrO2/c10-7-8-1-3-9(4-2-8)11-5-6-12-9/h7H,1-6H2. The fourth-order valence-electron chi connectivity index (χ4n) is 1.85. The summed E-state index contributed by atoms with van der Waals surface area (Å²) >= 11 is 3.36. The largest absolute Gasteiger partial charge is 0.348 e. The molecule has 0 radical (unpaired) electrons. The zero-order chi connectivity index (χ0) is 8.44. The number of rotatable bonds is 0. The van der Waals surface area contributed by atoms with E-state index in [-0.39, 0.29) is 5.79 Å². The summed E-state index contributed by atoms with van der Waals surface area (Å²) in [5.74, 6) is -0.209. The molecule has 1 aliphatic carbocycles. The van der Waals surface area contributed by atoms with Crippen molar-refractivity contribution in [1.82, 2.24) is 0 Å². The highest BCUT2D eigenvalue weighted by Crippen LogP contribution is 2.38. The number of hydrogen-bond acceptors (Lipinski definition) is 2. The van der Waals surface area contributed by atoms with Crippen LogP contribution in [0.2, 0.25) is 0 Å². The Labute approximate surface area is 81.1 Å². The Kier molecular flexibility index (Phi) is 2.53. The molecule has 1 spiro atoms. The number of ether oxygens (including phenoxy) is 2. The van der Waals surface area contributed by atoms with E-state index in [1.54, 1.807) is 0 Å². The lowest BCUT2D eigenvalue weighted by Crippen LogP contribution is -2.32. The highest BCUT2D eigenvalue weighted by atomic mass is 79.9. The highest BCUT2D eigenvalue weighted by Gasteiger charge is 2.38. The third-order valence-electron chi connectivity index (χ3n) is 2.62. The summed E-state index contributed by atoms with van der Waals surface area (Å²) in [6.07, 6.45) is 4.24. The first kappa shape index (κ1) is 8.73. The molecule has 1 heterocycles. The molecule has 2 aliphatic rings. The molecular formula is C9H13BrO2. The van der Waals surface area contributed by atoms with Gasteiger partial charge in [-0.2, -0.15) is 0 Å². The van der Waals surface area contributed by atoms with E-state index in [4.69, 9.17) is 9.47 Å². The maximum atomic E-state index is 5.61. The van der Waals surface area contributed by atoms with E-state index in [1.165, 1.54) is 5.57 Å². The maximum absolute atomic E-state index is 5.61. The molecule has 3 heteroatoms. The molecule has 0 unspecified atom stereocenters. The van der Waals surface area contributed by atoms with Crippen molar-refractivity contribution in [2.24, 2.45) is 0 Å². The quantitative estimate of drug-likeness (QED) is 0.640. The van der Waals surface area contributed by atoms with Gasteiger partial charge >= 0.3 is 0 Å². The minimum Gasteiger partial charge on any atom is -0.348 e. The Morgan fingerprint density at radius 1 is 1.17 bits per heavy atom. The van der Waals surface area contributed by atoms with Gasteiger partial charge in [0.2, 0.25) is 0 Å². The molecule has 0 aromatic heterocycles. The first-order chi connectivity index (χ1) is 5.85. The summed E-state index contributed by atoms with van der Waals surface area (Å²) in [4.78, 5) is 2.04. The third kappa shape index (κ3) is 1.58. The van der Waals surface area contributed by atoms with Crippen molar-refractivity contribution in [3.05, 3.63) is 10.6 Å². The van der Waals surface area contributed by atoms with Crippen LogP contribution >= 0.6 is 15.9 Å². The summed E-state index contributed by atoms with van der Waals surface area (Å²) in [6.45, 7) is 1.54. The molecule has 0 bridgehead atoms. The molecular weight excluding hydrogens is 220 g/mol. The fourth-order valence-corrected chi connectivity index (χ4v) is 2.30. The van der Waals surface area contributed by atoms with Gasteiger partial charge in [0.25, 0.3) is 0 Å². The van der Waals surface area contributed by atoms with Gasteiger partial charge in [-0.05, 0) is 17.8 Å². The van der Waals surface area contributed by atoms with Gasteiger partial charge in [-0.1, -0.05) is 21.5 Å². The number of hydrogen-bond donors (Lipinski definition) is 0. The number of halogens is 1. The lowest BCUT2D eigenvalue weighted by atomic mass is 9.91. The predicted molar refractivity (Wildman–Crippen MR) is 50.1 cm³/mol. The molecule has 2 fully saturated rings. The van der Waals surface area contributed by atoms with Gasteiger partial charge in [-0.25, -0.2) is 0 Å². The van der Waals surface area contributed by atoms with Crippen molar-refractivity contribution in [1.29, 1.82) is 0 Å². The average Bonchev–Trinajstić information content (AvgIpc) is 2.55. The van der Waals surface area contributed by atoms with Crippen molar-refractivity contribution in [3.8, 4) is 0 Å².